The monoisotopic (exact) mass is 342 g/mol. The van der Waals surface area contributed by atoms with Crippen LogP contribution in [0.15, 0.2) is 48.1 Å². The summed E-state index contributed by atoms with van der Waals surface area (Å²) in [5, 5.41) is 7.61. The maximum Gasteiger partial charge on any atom is 0.187 e. The van der Waals surface area contributed by atoms with Gasteiger partial charge in [0.15, 0.2) is 5.11 Å². The summed E-state index contributed by atoms with van der Waals surface area (Å²) in [5.41, 5.74) is 7.14. The molecule has 1 heterocycles. The number of hydrogen-bond acceptors (Lipinski definition) is 3. The molecule has 2 rings (SSSR count). The lowest BCUT2D eigenvalue weighted by Gasteiger charge is -2.10. The molecule has 1 aromatic carbocycles. The Morgan fingerprint density at radius 3 is 2.67 bits per heavy atom. The number of nitrogens with one attached hydrogen (secondary N) is 2. The molecule has 0 amide bonds. The second-order valence-corrected chi connectivity index (χ2v) is 5.64. The van der Waals surface area contributed by atoms with Crippen molar-refractivity contribution >= 4 is 23.5 Å². The van der Waals surface area contributed by atoms with Crippen LogP contribution in [0.2, 0.25) is 0 Å². The number of hydrogen-bond donors (Lipinski definition) is 2. The predicted molar refractivity (Wildman–Crippen MR) is 103 cm³/mol. The summed E-state index contributed by atoms with van der Waals surface area (Å²) in [6, 6.07) is 10.1. The van der Waals surface area contributed by atoms with E-state index in [9.17, 15) is 0 Å². The molecule has 0 saturated carbocycles. The average molecular weight is 342 g/mol. The van der Waals surface area contributed by atoms with E-state index in [4.69, 9.17) is 17.0 Å². The molecule has 0 atom stereocenters. The lowest BCUT2D eigenvalue weighted by molar-refractivity contribution is 0.414. The summed E-state index contributed by atoms with van der Waals surface area (Å²) in [4.78, 5) is 0. The smallest absolute Gasteiger partial charge is 0.187 e. The van der Waals surface area contributed by atoms with Crippen LogP contribution in [0.1, 0.15) is 17.0 Å². The normalized spacial score (nSPS) is 10.6. The fraction of sp³-hybridized carbons (Fsp3) is 0.222. The molecule has 0 fully saturated rings. The van der Waals surface area contributed by atoms with Crippen LogP contribution in [0.5, 0.6) is 5.75 Å². The van der Waals surface area contributed by atoms with E-state index >= 15 is 0 Å². The summed E-state index contributed by atoms with van der Waals surface area (Å²) in [6.45, 7) is 8.36. The SMILES string of the molecule is C=CCNC(=S)N/N=C\c1cc(C)n(-c2ccc(OC)cc2)c1C. The van der Waals surface area contributed by atoms with Gasteiger partial charge < -0.3 is 14.6 Å². The Hall–Kier alpha value is -2.60. The Balaban J connectivity index is 2.16. The van der Waals surface area contributed by atoms with E-state index in [1.54, 1.807) is 19.4 Å². The molecule has 0 aliphatic carbocycles. The Labute approximate surface area is 148 Å². The highest BCUT2D eigenvalue weighted by Crippen LogP contribution is 2.21. The zero-order valence-corrected chi connectivity index (χ0v) is 15.0. The van der Waals surface area contributed by atoms with Crippen molar-refractivity contribution in [3.05, 3.63) is 59.9 Å². The summed E-state index contributed by atoms with van der Waals surface area (Å²) < 4.78 is 7.39. The maximum absolute atomic E-state index is 5.21. The standard InChI is InChI=1S/C18H22N4OS/c1-5-10-19-18(24)21-20-12-15-11-13(2)22(14(15)3)16-6-8-17(23-4)9-7-16/h5-9,11-12H,1,10H2,2-4H3,(H2,19,21,24)/b20-12-. The minimum Gasteiger partial charge on any atom is -0.497 e. The Morgan fingerprint density at radius 1 is 1.33 bits per heavy atom. The van der Waals surface area contributed by atoms with Gasteiger partial charge in [0.25, 0.3) is 0 Å². The molecule has 5 nitrogen and oxygen atoms in total. The third-order valence-electron chi connectivity index (χ3n) is 3.58. The molecular weight excluding hydrogens is 320 g/mol. The Bertz CT molecular complexity index is 747. The van der Waals surface area contributed by atoms with Crippen molar-refractivity contribution in [2.75, 3.05) is 13.7 Å². The summed E-state index contributed by atoms with van der Waals surface area (Å²) in [6.07, 6.45) is 3.50. The minimum absolute atomic E-state index is 0.468. The van der Waals surface area contributed by atoms with E-state index in [1.807, 2.05) is 24.3 Å². The second kappa shape index (κ2) is 8.31. The first-order chi connectivity index (χ1) is 11.6. The van der Waals surface area contributed by atoms with Gasteiger partial charge in [0.1, 0.15) is 5.75 Å². The first-order valence-corrected chi connectivity index (χ1v) is 7.98. The number of nitrogens with zero attached hydrogens (tertiary/aromatic N) is 2. The fourth-order valence-corrected chi connectivity index (χ4v) is 2.55. The van der Waals surface area contributed by atoms with Crippen LogP contribution in [0, 0.1) is 13.8 Å². The average Bonchev–Trinajstić information content (AvgIpc) is 2.87. The van der Waals surface area contributed by atoms with Gasteiger partial charge in [-0.3, -0.25) is 5.43 Å². The molecule has 1 aromatic heterocycles. The quantitative estimate of drug-likeness (QED) is 0.367. The summed E-state index contributed by atoms with van der Waals surface area (Å²) in [7, 11) is 1.66. The molecule has 0 bridgehead atoms. The molecule has 126 valence electrons. The molecule has 6 heteroatoms. The van der Waals surface area contributed by atoms with Gasteiger partial charge in [0.2, 0.25) is 0 Å². The van der Waals surface area contributed by atoms with Crippen molar-refractivity contribution in [1.82, 2.24) is 15.3 Å². The van der Waals surface area contributed by atoms with Gasteiger partial charge in [-0.25, -0.2) is 0 Å². The molecule has 0 radical (unpaired) electrons. The second-order valence-electron chi connectivity index (χ2n) is 5.23. The van der Waals surface area contributed by atoms with Gasteiger partial charge in [-0.05, 0) is 56.4 Å². The molecule has 24 heavy (non-hydrogen) atoms. The van der Waals surface area contributed by atoms with E-state index in [-0.39, 0.29) is 0 Å². The highest BCUT2D eigenvalue weighted by molar-refractivity contribution is 7.80. The Kier molecular flexibility index (Phi) is 6.14. The third kappa shape index (κ3) is 4.23. The first kappa shape index (κ1) is 17.7. The lowest BCUT2D eigenvalue weighted by Crippen LogP contribution is -2.31. The first-order valence-electron chi connectivity index (χ1n) is 7.58. The van der Waals surface area contributed by atoms with E-state index in [1.165, 1.54) is 0 Å². The molecule has 0 spiro atoms. The van der Waals surface area contributed by atoms with E-state index in [0.29, 0.717) is 11.7 Å². The number of benzene rings is 1. The van der Waals surface area contributed by atoms with Crippen molar-refractivity contribution in [3.63, 3.8) is 0 Å². The van der Waals surface area contributed by atoms with E-state index in [2.05, 4.69) is 46.9 Å². The third-order valence-corrected chi connectivity index (χ3v) is 3.81. The predicted octanol–water partition coefficient (Wildman–Crippen LogP) is 3.09. The largest absolute Gasteiger partial charge is 0.497 e. The lowest BCUT2D eigenvalue weighted by atomic mass is 10.2. The van der Waals surface area contributed by atoms with Gasteiger partial charge in [-0.1, -0.05) is 6.08 Å². The van der Waals surface area contributed by atoms with Gasteiger partial charge in [-0.2, -0.15) is 5.10 Å². The van der Waals surface area contributed by atoms with Crippen molar-refractivity contribution in [2.45, 2.75) is 13.8 Å². The van der Waals surface area contributed by atoms with Gasteiger partial charge in [0.05, 0.1) is 13.3 Å². The van der Waals surface area contributed by atoms with Crippen LogP contribution >= 0.6 is 12.2 Å². The van der Waals surface area contributed by atoms with Crippen LogP contribution < -0.4 is 15.5 Å². The van der Waals surface area contributed by atoms with Crippen LogP contribution in [0.3, 0.4) is 0 Å². The molecule has 0 unspecified atom stereocenters. The molecule has 0 aliphatic heterocycles. The highest BCUT2D eigenvalue weighted by atomic mass is 32.1. The fourth-order valence-electron chi connectivity index (χ4n) is 2.41. The number of ether oxygens (including phenoxy) is 1. The maximum atomic E-state index is 5.21. The number of aromatic nitrogens is 1. The van der Waals surface area contributed by atoms with Crippen molar-refractivity contribution in [3.8, 4) is 11.4 Å². The van der Waals surface area contributed by atoms with Crippen LogP contribution in [0.4, 0.5) is 0 Å². The van der Waals surface area contributed by atoms with Crippen molar-refractivity contribution in [2.24, 2.45) is 5.10 Å². The zero-order chi connectivity index (χ0) is 17.5. The number of rotatable bonds is 6. The highest BCUT2D eigenvalue weighted by Gasteiger charge is 2.09. The Morgan fingerprint density at radius 2 is 2.04 bits per heavy atom. The van der Waals surface area contributed by atoms with Crippen LogP contribution in [-0.4, -0.2) is 29.5 Å². The molecule has 2 N–H and O–H groups in total. The molecular formula is C18H22N4OS. The molecule has 2 aromatic rings. The van der Waals surface area contributed by atoms with Gasteiger partial charge >= 0.3 is 0 Å². The van der Waals surface area contributed by atoms with E-state index in [0.717, 1.165) is 28.4 Å². The van der Waals surface area contributed by atoms with Crippen LogP contribution in [-0.2, 0) is 0 Å². The number of thiocarbonyl (C=S) groups is 1. The van der Waals surface area contributed by atoms with Gasteiger partial charge in [0, 0.05) is 29.2 Å². The van der Waals surface area contributed by atoms with Crippen LogP contribution in [0.25, 0.3) is 5.69 Å². The number of hydrazone groups is 1. The topological polar surface area (TPSA) is 50.6 Å². The summed E-state index contributed by atoms with van der Waals surface area (Å²) in [5.74, 6) is 0.840. The number of aryl methyl sites for hydroxylation is 1. The van der Waals surface area contributed by atoms with E-state index < -0.39 is 0 Å². The molecule has 0 aliphatic rings. The minimum atomic E-state index is 0.468. The zero-order valence-electron chi connectivity index (χ0n) is 14.2. The summed E-state index contributed by atoms with van der Waals surface area (Å²) >= 11 is 5.10. The van der Waals surface area contributed by atoms with Gasteiger partial charge in [-0.15, -0.1) is 6.58 Å². The van der Waals surface area contributed by atoms with Crippen molar-refractivity contribution in [1.29, 1.82) is 0 Å². The number of methoxy groups -OCH3 is 1. The molecule has 0 saturated heterocycles. The van der Waals surface area contributed by atoms with Crippen molar-refractivity contribution < 1.29 is 4.74 Å².